The molecule has 0 aliphatic heterocycles. The fraction of sp³-hybridized carbons (Fsp3) is 0.250. The SMILES string of the molecule is Cc1nnc(SCCC(=O)O)n1-c1ccccc1. The van der Waals surface area contributed by atoms with Crippen LogP contribution in [0.25, 0.3) is 5.69 Å². The van der Waals surface area contributed by atoms with Gasteiger partial charge in [-0.05, 0) is 19.1 Å². The Bertz CT molecular complexity index is 540. The molecule has 18 heavy (non-hydrogen) atoms. The molecule has 0 saturated carbocycles. The van der Waals surface area contributed by atoms with Crippen molar-refractivity contribution < 1.29 is 9.90 Å². The van der Waals surface area contributed by atoms with Crippen molar-refractivity contribution in [2.24, 2.45) is 0 Å². The van der Waals surface area contributed by atoms with Crippen LogP contribution in [0.2, 0.25) is 0 Å². The molecule has 0 spiro atoms. The average Bonchev–Trinajstić information content (AvgIpc) is 2.71. The van der Waals surface area contributed by atoms with Crippen molar-refractivity contribution in [2.75, 3.05) is 5.75 Å². The first-order chi connectivity index (χ1) is 8.68. The van der Waals surface area contributed by atoms with Gasteiger partial charge in [0.15, 0.2) is 5.16 Å². The van der Waals surface area contributed by atoms with E-state index in [1.165, 1.54) is 11.8 Å². The van der Waals surface area contributed by atoms with Crippen LogP contribution in [0.5, 0.6) is 0 Å². The number of carboxylic acids is 1. The molecule has 1 N–H and O–H groups in total. The number of nitrogens with zero attached hydrogens (tertiary/aromatic N) is 3. The van der Waals surface area contributed by atoms with Gasteiger partial charge in [-0.2, -0.15) is 0 Å². The van der Waals surface area contributed by atoms with Gasteiger partial charge in [0, 0.05) is 11.4 Å². The van der Waals surface area contributed by atoms with Crippen LogP contribution in [0, 0.1) is 6.92 Å². The number of benzene rings is 1. The smallest absolute Gasteiger partial charge is 0.304 e. The topological polar surface area (TPSA) is 68.0 Å². The Morgan fingerprint density at radius 2 is 2.06 bits per heavy atom. The Kier molecular flexibility index (Phi) is 3.99. The van der Waals surface area contributed by atoms with Gasteiger partial charge in [0.2, 0.25) is 0 Å². The highest BCUT2D eigenvalue weighted by Gasteiger charge is 2.11. The number of rotatable bonds is 5. The summed E-state index contributed by atoms with van der Waals surface area (Å²) < 4.78 is 1.92. The van der Waals surface area contributed by atoms with Crippen molar-refractivity contribution in [1.82, 2.24) is 14.8 Å². The minimum absolute atomic E-state index is 0.116. The monoisotopic (exact) mass is 263 g/mol. The molecule has 6 heteroatoms. The zero-order valence-electron chi connectivity index (χ0n) is 9.91. The Morgan fingerprint density at radius 3 is 2.72 bits per heavy atom. The van der Waals surface area contributed by atoms with Crippen LogP contribution in [-0.2, 0) is 4.79 Å². The standard InChI is InChI=1S/C12H13N3O2S/c1-9-13-14-12(18-8-7-11(16)17)15(9)10-5-3-2-4-6-10/h2-6H,7-8H2,1H3,(H,16,17). The highest BCUT2D eigenvalue weighted by Crippen LogP contribution is 2.21. The number of aryl methyl sites for hydroxylation is 1. The molecular weight excluding hydrogens is 250 g/mol. The molecule has 0 unspecified atom stereocenters. The molecule has 0 amide bonds. The maximum absolute atomic E-state index is 10.5. The van der Waals surface area contributed by atoms with Crippen molar-refractivity contribution in [3.8, 4) is 5.69 Å². The highest BCUT2D eigenvalue weighted by atomic mass is 32.2. The number of aromatic nitrogens is 3. The van der Waals surface area contributed by atoms with Gasteiger partial charge in [0.1, 0.15) is 5.82 Å². The van der Waals surface area contributed by atoms with Gasteiger partial charge < -0.3 is 5.11 Å². The lowest BCUT2D eigenvalue weighted by atomic mass is 10.3. The minimum atomic E-state index is -0.801. The summed E-state index contributed by atoms with van der Waals surface area (Å²) in [5.41, 5.74) is 0.984. The van der Waals surface area contributed by atoms with E-state index in [0.717, 1.165) is 16.7 Å². The number of carbonyl (C=O) groups is 1. The first-order valence-electron chi connectivity index (χ1n) is 5.50. The molecular formula is C12H13N3O2S. The molecule has 0 atom stereocenters. The van der Waals surface area contributed by atoms with Crippen molar-refractivity contribution in [3.63, 3.8) is 0 Å². The number of thioether (sulfide) groups is 1. The largest absolute Gasteiger partial charge is 0.481 e. The molecule has 1 aromatic heterocycles. The van der Waals surface area contributed by atoms with Crippen molar-refractivity contribution in [3.05, 3.63) is 36.2 Å². The van der Waals surface area contributed by atoms with Crippen molar-refractivity contribution >= 4 is 17.7 Å². The summed E-state index contributed by atoms with van der Waals surface area (Å²) in [4.78, 5) is 10.5. The number of hydrogen-bond donors (Lipinski definition) is 1. The lowest BCUT2D eigenvalue weighted by Crippen LogP contribution is -2.01. The first-order valence-corrected chi connectivity index (χ1v) is 6.49. The van der Waals surface area contributed by atoms with Crippen LogP contribution in [0.15, 0.2) is 35.5 Å². The molecule has 94 valence electrons. The Labute approximate surface area is 109 Å². The summed E-state index contributed by atoms with van der Waals surface area (Å²) in [6.45, 7) is 1.88. The van der Waals surface area contributed by atoms with E-state index < -0.39 is 5.97 Å². The van der Waals surface area contributed by atoms with Crippen LogP contribution in [0.4, 0.5) is 0 Å². The molecule has 5 nitrogen and oxygen atoms in total. The lowest BCUT2D eigenvalue weighted by molar-refractivity contribution is -0.136. The van der Waals surface area contributed by atoms with E-state index in [1.807, 2.05) is 41.8 Å². The van der Waals surface area contributed by atoms with E-state index in [2.05, 4.69) is 10.2 Å². The zero-order chi connectivity index (χ0) is 13.0. The van der Waals surface area contributed by atoms with Crippen molar-refractivity contribution in [2.45, 2.75) is 18.5 Å². The maximum atomic E-state index is 10.5. The van der Waals surface area contributed by atoms with E-state index >= 15 is 0 Å². The van der Waals surface area contributed by atoms with Gasteiger partial charge >= 0.3 is 5.97 Å². The molecule has 0 radical (unpaired) electrons. The number of aliphatic carboxylic acids is 1. The van der Waals surface area contributed by atoms with E-state index in [1.54, 1.807) is 0 Å². The van der Waals surface area contributed by atoms with E-state index in [9.17, 15) is 4.79 Å². The van der Waals surface area contributed by atoms with Gasteiger partial charge in [-0.3, -0.25) is 9.36 Å². The number of para-hydroxylation sites is 1. The third kappa shape index (κ3) is 2.89. The van der Waals surface area contributed by atoms with Crippen LogP contribution in [0.3, 0.4) is 0 Å². The van der Waals surface area contributed by atoms with E-state index in [-0.39, 0.29) is 6.42 Å². The molecule has 0 aliphatic carbocycles. The van der Waals surface area contributed by atoms with Gasteiger partial charge in [0.25, 0.3) is 0 Å². The van der Waals surface area contributed by atoms with Crippen molar-refractivity contribution in [1.29, 1.82) is 0 Å². The molecule has 1 heterocycles. The average molecular weight is 263 g/mol. The predicted octanol–water partition coefficient (Wildman–Crippen LogP) is 2.14. The summed E-state index contributed by atoms with van der Waals surface area (Å²) >= 11 is 1.40. The zero-order valence-corrected chi connectivity index (χ0v) is 10.7. The molecule has 0 fully saturated rings. The quantitative estimate of drug-likeness (QED) is 0.837. The summed E-state index contributed by atoms with van der Waals surface area (Å²) in [6, 6.07) is 9.77. The van der Waals surface area contributed by atoms with E-state index in [0.29, 0.717) is 5.75 Å². The molecule has 0 aliphatic rings. The third-order valence-electron chi connectivity index (χ3n) is 2.36. The second-order valence-corrected chi connectivity index (χ2v) is 4.76. The second-order valence-electron chi connectivity index (χ2n) is 3.69. The highest BCUT2D eigenvalue weighted by molar-refractivity contribution is 7.99. The molecule has 0 bridgehead atoms. The van der Waals surface area contributed by atoms with Crippen LogP contribution in [0.1, 0.15) is 12.2 Å². The molecule has 1 aromatic carbocycles. The number of carboxylic acid groups (broad SMARTS) is 1. The first kappa shape index (κ1) is 12.6. The molecule has 2 aromatic rings. The lowest BCUT2D eigenvalue weighted by Gasteiger charge is -2.07. The summed E-state index contributed by atoms with van der Waals surface area (Å²) in [6.07, 6.45) is 0.116. The van der Waals surface area contributed by atoms with E-state index in [4.69, 9.17) is 5.11 Å². The summed E-state index contributed by atoms with van der Waals surface area (Å²) in [5.74, 6) is 0.476. The molecule has 2 rings (SSSR count). The Hall–Kier alpha value is -1.82. The third-order valence-corrected chi connectivity index (χ3v) is 3.29. The molecule has 0 saturated heterocycles. The van der Waals surface area contributed by atoms with Gasteiger partial charge in [-0.1, -0.05) is 30.0 Å². The second kappa shape index (κ2) is 5.68. The van der Waals surface area contributed by atoms with Crippen LogP contribution >= 0.6 is 11.8 Å². The Morgan fingerprint density at radius 1 is 1.33 bits per heavy atom. The Balaban J connectivity index is 2.20. The van der Waals surface area contributed by atoms with Gasteiger partial charge in [-0.25, -0.2) is 0 Å². The predicted molar refractivity (Wildman–Crippen MR) is 69.1 cm³/mol. The summed E-state index contributed by atoms with van der Waals surface area (Å²) in [5, 5.41) is 17.5. The normalized spacial score (nSPS) is 10.5. The maximum Gasteiger partial charge on any atom is 0.304 e. The van der Waals surface area contributed by atoms with Crippen LogP contribution < -0.4 is 0 Å². The fourth-order valence-electron chi connectivity index (χ4n) is 1.54. The fourth-order valence-corrected chi connectivity index (χ4v) is 2.46. The minimum Gasteiger partial charge on any atom is -0.481 e. The number of hydrogen-bond acceptors (Lipinski definition) is 4. The van der Waals surface area contributed by atoms with Gasteiger partial charge in [-0.15, -0.1) is 10.2 Å². The van der Waals surface area contributed by atoms with Gasteiger partial charge in [0.05, 0.1) is 6.42 Å². The van der Waals surface area contributed by atoms with Crippen LogP contribution in [-0.4, -0.2) is 31.6 Å². The summed E-state index contributed by atoms with van der Waals surface area (Å²) in [7, 11) is 0.